The molecule has 1 aliphatic heterocycles. The molecule has 2 heterocycles. The van der Waals surface area contributed by atoms with Crippen LogP contribution in [-0.2, 0) is 9.59 Å². The number of benzene rings is 2. The van der Waals surface area contributed by atoms with Gasteiger partial charge in [-0.1, -0.05) is 25.4 Å². The van der Waals surface area contributed by atoms with Gasteiger partial charge in [-0.05, 0) is 73.0 Å². The summed E-state index contributed by atoms with van der Waals surface area (Å²) in [5, 5.41) is 11.8. The van der Waals surface area contributed by atoms with Gasteiger partial charge in [-0.2, -0.15) is 0 Å². The minimum Gasteiger partial charge on any atom is -0.507 e. The first-order chi connectivity index (χ1) is 15.8. The Balaban J connectivity index is 1.89. The summed E-state index contributed by atoms with van der Waals surface area (Å²) in [5.74, 6) is -0.610. The zero-order valence-corrected chi connectivity index (χ0v) is 19.3. The number of ketones is 1. The molecule has 2 aromatic carbocycles. The molecule has 7 heteroatoms. The maximum atomic E-state index is 13.2. The quantitative estimate of drug-likeness (QED) is 0.271. The van der Waals surface area contributed by atoms with Crippen molar-refractivity contribution in [1.29, 1.82) is 0 Å². The molecular weight excluding hydrogens is 442 g/mol. The molecule has 1 aromatic heterocycles. The molecule has 4 rings (SSSR count). The predicted octanol–water partition coefficient (Wildman–Crippen LogP) is 6.08. The minimum atomic E-state index is -0.921. The number of carbonyl (C=O) groups is 2. The summed E-state index contributed by atoms with van der Waals surface area (Å²) < 4.78 is 11.3. The zero-order chi connectivity index (χ0) is 23.7. The van der Waals surface area contributed by atoms with E-state index >= 15 is 0 Å². The van der Waals surface area contributed by atoms with Gasteiger partial charge in [0, 0.05) is 16.3 Å². The van der Waals surface area contributed by atoms with Gasteiger partial charge >= 0.3 is 0 Å². The van der Waals surface area contributed by atoms with E-state index in [4.69, 9.17) is 20.8 Å². The Labute approximate surface area is 197 Å². The second kappa shape index (κ2) is 9.16. The van der Waals surface area contributed by atoms with Gasteiger partial charge in [-0.3, -0.25) is 14.5 Å². The van der Waals surface area contributed by atoms with Crippen molar-refractivity contribution in [2.45, 2.75) is 32.7 Å². The van der Waals surface area contributed by atoms with Crippen molar-refractivity contribution in [3.05, 3.63) is 88.3 Å². The number of Topliss-reactive ketones (excluding diaryl/α,β-unsaturated/α-hetero) is 1. The highest BCUT2D eigenvalue weighted by Gasteiger charge is 2.48. The molecule has 1 saturated heterocycles. The Morgan fingerprint density at radius 2 is 1.88 bits per heavy atom. The minimum absolute atomic E-state index is 0.0382. The van der Waals surface area contributed by atoms with Crippen LogP contribution >= 0.6 is 11.6 Å². The molecule has 1 fully saturated rings. The lowest BCUT2D eigenvalue weighted by Gasteiger charge is -2.23. The Bertz CT molecular complexity index is 1210. The SMILES string of the molecule is CCOc1ccc(/C(O)=C2/C(=O)C(=O)N(c3ccc(Cl)cc3)C2c2ccco2)cc1C(C)C. The van der Waals surface area contributed by atoms with E-state index in [1.807, 2.05) is 20.8 Å². The van der Waals surface area contributed by atoms with Crippen LogP contribution in [0.1, 0.15) is 49.6 Å². The largest absolute Gasteiger partial charge is 0.507 e. The summed E-state index contributed by atoms with van der Waals surface area (Å²) >= 11 is 6.01. The third-order valence-electron chi connectivity index (χ3n) is 5.57. The van der Waals surface area contributed by atoms with Crippen molar-refractivity contribution < 1.29 is 23.8 Å². The lowest BCUT2D eigenvalue weighted by molar-refractivity contribution is -0.132. The molecule has 1 amide bonds. The van der Waals surface area contributed by atoms with Crippen LogP contribution < -0.4 is 9.64 Å². The van der Waals surface area contributed by atoms with E-state index in [9.17, 15) is 14.7 Å². The highest BCUT2D eigenvalue weighted by atomic mass is 35.5. The fourth-order valence-corrected chi connectivity index (χ4v) is 4.13. The molecule has 1 atom stereocenters. The normalized spacial score (nSPS) is 17.7. The van der Waals surface area contributed by atoms with E-state index in [0.717, 1.165) is 5.56 Å². The third-order valence-corrected chi connectivity index (χ3v) is 5.82. The second-order valence-electron chi connectivity index (χ2n) is 8.00. The molecular formula is C26H24ClNO5. The van der Waals surface area contributed by atoms with E-state index in [1.54, 1.807) is 54.6 Å². The van der Waals surface area contributed by atoms with Gasteiger partial charge < -0.3 is 14.3 Å². The van der Waals surface area contributed by atoms with Crippen LogP contribution in [0.3, 0.4) is 0 Å². The Kier molecular flexibility index (Phi) is 6.29. The standard InChI is InChI=1S/C26H24ClNO5/c1-4-32-20-12-7-16(14-19(20)15(2)3)24(29)22-23(21-6-5-13-33-21)28(26(31)25(22)30)18-10-8-17(27)9-11-18/h5-15,23,29H,4H2,1-3H3/b24-22-. The summed E-state index contributed by atoms with van der Waals surface area (Å²) in [7, 11) is 0. The van der Waals surface area contributed by atoms with Crippen LogP contribution in [0.5, 0.6) is 5.75 Å². The van der Waals surface area contributed by atoms with Crippen molar-refractivity contribution in [3.8, 4) is 5.75 Å². The van der Waals surface area contributed by atoms with Crippen LogP contribution in [0.2, 0.25) is 5.02 Å². The van der Waals surface area contributed by atoms with Crippen molar-refractivity contribution in [2.24, 2.45) is 0 Å². The molecule has 170 valence electrons. The zero-order valence-electron chi connectivity index (χ0n) is 18.5. The summed E-state index contributed by atoms with van der Waals surface area (Å²) in [6.07, 6.45) is 1.46. The Morgan fingerprint density at radius 1 is 1.15 bits per heavy atom. The van der Waals surface area contributed by atoms with Crippen molar-refractivity contribution >= 4 is 34.7 Å². The summed E-state index contributed by atoms with van der Waals surface area (Å²) in [4.78, 5) is 27.6. The first kappa shape index (κ1) is 22.7. The smallest absolute Gasteiger partial charge is 0.300 e. The van der Waals surface area contributed by atoms with Gasteiger partial charge in [0.25, 0.3) is 11.7 Å². The van der Waals surface area contributed by atoms with Crippen molar-refractivity contribution in [2.75, 3.05) is 11.5 Å². The highest BCUT2D eigenvalue weighted by molar-refractivity contribution is 6.51. The van der Waals surface area contributed by atoms with E-state index in [0.29, 0.717) is 34.4 Å². The highest BCUT2D eigenvalue weighted by Crippen LogP contribution is 2.43. The molecule has 1 aliphatic rings. The van der Waals surface area contributed by atoms with Crippen LogP contribution in [0.4, 0.5) is 5.69 Å². The Morgan fingerprint density at radius 3 is 2.48 bits per heavy atom. The number of hydrogen-bond acceptors (Lipinski definition) is 5. The van der Waals surface area contributed by atoms with Crippen molar-refractivity contribution in [3.63, 3.8) is 0 Å². The number of furan rings is 1. The summed E-state index contributed by atoms with van der Waals surface area (Å²) in [5.41, 5.74) is 1.75. The first-order valence-electron chi connectivity index (χ1n) is 10.7. The number of aliphatic hydroxyl groups excluding tert-OH is 1. The van der Waals surface area contributed by atoms with Crippen LogP contribution in [0.15, 0.2) is 70.9 Å². The number of amides is 1. The molecule has 0 bridgehead atoms. The molecule has 33 heavy (non-hydrogen) atoms. The van der Waals surface area contributed by atoms with E-state index in [1.165, 1.54) is 11.2 Å². The van der Waals surface area contributed by atoms with Gasteiger partial charge in [0.05, 0.1) is 18.4 Å². The van der Waals surface area contributed by atoms with Crippen LogP contribution in [0, 0.1) is 0 Å². The third kappa shape index (κ3) is 4.14. The number of anilines is 1. The number of nitrogens with zero attached hydrogens (tertiary/aromatic N) is 1. The predicted molar refractivity (Wildman–Crippen MR) is 127 cm³/mol. The molecule has 1 N–H and O–H groups in total. The lowest BCUT2D eigenvalue weighted by atomic mass is 9.95. The van der Waals surface area contributed by atoms with Crippen molar-refractivity contribution in [1.82, 2.24) is 0 Å². The molecule has 6 nitrogen and oxygen atoms in total. The van der Waals surface area contributed by atoms with E-state index < -0.39 is 17.7 Å². The second-order valence-corrected chi connectivity index (χ2v) is 8.44. The molecule has 0 saturated carbocycles. The maximum absolute atomic E-state index is 13.2. The van der Waals surface area contributed by atoms with Crippen LogP contribution in [-0.4, -0.2) is 23.4 Å². The fourth-order valence-electron chi connectivity index (χ4n) is 4.01. The molecule has 0 aliphatic carbocycles. The van der Waals surface area contributed by atoms with Gasteiger partial charge in [0.15, 0.2) is 0 Å². The first-order valence-corrected chi connectivity index (χ1v) is 11.1. The molecule has 0 radical (unpaired) electrons. The Hall–Kier alpha value is -3.51. The van der Waals surface area contributed by atoms with E-state index in [2.05, 4.69) is 0 Å². The molecule has 0 spiro atoms. The number of carbonyl (C=O) groups excluding carboxylic acids is 2. The molecule has 3 aromatic rings. The number of hydrogen-bond donors (Lipinski definition) is 1. The summed E-state index contributed by atoms with van der Waals surface area (Å²) in [6, 6.07) is 14.2. The van der Waals surface area contributed by atoms with Gasteiger partial charge in [-0.15, -0.1) is 0 Å². The van der Waals surface area contributed by atoms with Crippen LogP contribution in [0.25, 0.3) is 5.76 Å². The lowest BCUT2D eigenvalue weighted by Crippen LogP contribution is -2.29. The average molecular weight is 466 g/mol. The molecule has 1 unspecified atom stereocenters. The monoisotopic (exact) mass is 465 g/mol. The van der Waals surface area contributed by atoms with Gasteiger partial charge in [0.2, 0.25) is 0 Å². The number of aliphatic hydroxyl groups is 1. The topological polar surface area (TPSA) is 80.0 Å². The average Bonchev–Trinajstić information content (AvgIpc) is 3.41. The van der Waals surface area contributed by atoms with E-state index in [-0.39, 0.29) is 17.3 Å². The number of halogens is 1. The maximum Gasteiger partial charge on any atom is 0.300 e. The summed E-state index contributed by atoms with van der Waals surface area (Å²) in [6.45, 7) is 6.45. The fraction of sp³-hybridized carbons (Fsp3) is 0.231. The van der Waals surface area contributed by atoms with Gasteiger partial charge in [-0.25, -0.2) is 0 Å². The number of ether oxygens (including phenoxy) is 1. The van der Waals surface area contributed by atoms with Gasteiger partial charge in [0.1, 0.15) is 23.3 Å². The number of rotatable bonds is 6.